The lowest BCUT2D eigenvalue weighted by Crippen LogP contribution is -1.90. The minimum Gasteiger partial charge on any atom is -0.352 e. The molecular weight excluding hydrogens is 294 g/mol. The standard InChI is InChI=1S/C21H17N3/c1-4-10-16(11-5-1)22-19-20(23-17-12-6-2-7-13-17)21(19)24-18-14-8-3-9-15-18/h1-15,22-23H. The Morgan fingerprint density at radius 1 is 0.500 bits per heavy atom. The van der Waals surface area contributed by atoms with Gasteiger partial charge in [0.2, 0.25) is 0 Å². The van der Waals surface area contributed by atoms with E-state index >= 15 is 0 Å². The van der Waals surface area contributed by atoms with Crippen LogP contribution < -0.4 is 16.0 Å². The Hall–Kier alpha value is -3.33. The molecule has 0 heterocycles. The summed E-state index contributed by atoms with van der Waals surface area (Å²) in [5.74, 6) is 0. The molecule has 0 atom stereocenters. The molecule has 4 aromatic carbocycles. The molecule has 0 aliphatic heterocycles. The van der Waals surface area contributed by atoms with E-state index in [1.165, 1.54) is 0 Å². The van der Waals surface area contributed by atoms with Crippen molar-refractivity contribution in [1.82, 2.24) is 0 Å². The number of nitrogens with one attached hydrogen (secondary N) is 2. The average molecular weight is 311 g/mol. The molecule has 0 spiro atoms. The molecule has 116 valence electrons. The minimum absolute atomic E-state index is 0.949. The lowest BCUT2D eigenvalue weighted by molar-refractivity contribution is 1.42. The number of rotatable bonds is 5. The van der Waals surface area contributed by atoms with Crippen LogP contribution in [0, 0.1) is 0 Å². The van der Waals surface area contributed by atoms with E-state index in [2.05, 4.69) is 10.6 Å². The Kier molecular flexibility index (Phi) is 3.82. The maximum atomic E-state index is 4.74. The van der Waals surface area contributed by atoms with Crippen LogP contribution in [0.15, 0.2) is 96.0 Å². The lowest BCUT2D eigenvalue weighted by atomic mass is 10.3. The summed E-state index contributed by atoms with van der Waals surface area (Å²) in [6.07, 6.45) is 0. The molecule has 0 fully saturated rings. The third-order valence-corrected chi connectivity index (χ3v) is 3.74. The number of hydrogen-bond donors (Lipinski definition) is 2. The molecule has 24 heavy (non-hydrogen) atoms. The van der Waals surface area contributed by atoms with Gasteiger partial charge in [-0.3, -0.25) is 0 Å². The molecule has 0 saturated heterocycles. The summed E-state index contributed by atoms with van der Waals surface area (Å²) in [6, 6.07) is 30.3. The zero-order valence-corrected chi connectivity index (χ0v) is 13.1. The van der Waals surface area contributed by atoms with Gasteiger partial charge in [0.05, 0.1) is 17.1 Å². The number of benzene rings is 3. The quantitative estimate of drug-likeness (QED) is 0.526. The Balaban J connectivity index is 1.66. The smallest absolute Gasteiger partial charge is 0.115 e. The van der Waals surface area contributed by atoms with Crippen molar-refractivity contribution in [1.29, 1.82) is 0 Å². The second-order valence-electron chi connectivity index (χ2n) is 5.53. The van der Waals surface area contributed by atoms with Crippen LogP contribution in [-0.2, 0) is 0 Å². The molecule has 0 aliphatic carbocycles. The van der Waals surface area contributed by atoms with Crippen LogP contribution in [0.5, 0.6) is 0 Å². The highest BCUT2D eigenvalue weighted by atomic mass is 15.0. The molecule has 3 nitrogen and oxygen atoms in total. The first kappa shape index (κ1) is 14.3. The van der Waals surface area contributed by atoms with Crippen LogP contribution in [0.1, 0.15) is 0 Å². The van der Waals surface area contributed by atoms with E-state index in [9.17, 15) is 0 Å². The van der Waals surface area contributed by atoms with Crippen molar-refractivity contribution in [2.75, 3.05) is 10.6 Å². The second kappa shape index (κ2) is 6.42. The first-order chi connectivity index (χ1) is 11.9. The predicted octanol–water partition coefficient (Wildman–Crippen LogP) is 5.28. The average Bonchev–Trinajstić information content (AvgIpc) is 3.27. The van der Waals surface area contributed by atoms with Gasteiger partial charge in [0, 0.05) is 11.4 Å². The molecule has 4 aromatic rings. The van der Waals surface area contributed by atoms with Crippen molar-refractivity contribution >= 4 is 28.4 Å². The molecule has 0 aliphatic rings. The highest BCUT2D eigenvalue weighted by molar-refractivity contribution is 5.89. The molecule has 3 heteroatoms. The summed E-state index contributed by atoms with van der Waals surface area (Å²) in [5, 5.41) is 7.85. The number of hydrogen-bond acceptors (Lipinski definition) is 3. The lowest BCUT2D eigenvalue weighted by Gasteiger charge is -2.01. The van der Waals surface area contributed by atoms with Crippen molar-refractivity contribution in [3.05, 3.63) is 96.4 Å². The fourth-order valence-corrected chi connectivity index (χ4v) is 2.50. The maximum absolute atomic E-state index is 4.74. The van der Waals surface area contributed by atoms with Gasteiger partial charge in [0.15, 0.2) is 0 Å². The molecule has 0 bridgehead atoms. The van der Waals surface area contributed by atoms with Crippen LogP contribution in [0.4, 0.5) is 28.4 Å². The van der Waals surface area contributed by atoms with Crippen molar-refractivity contribution in [2.24, 2.45) is 4.99 Å². The highest BCUT2D eigenvalue weighted by Gasteiger charge is 2.20. The van der Waals surface area contributed by atoms with Gasteiger partial charge in [-0.1, -0.05) is 54.6 Å². The van der Waals surface area contributed by atoms with Crippen LogP contribution in [-0.4, -0.2) is 0 Å². The summed E-state index contributed by atoms with van der Waals surface area (Å²) in [5.41, 5.74) is 5.13. The molecule has 0 amide bonds. The Bertz CT molecular complexity index is 878. The van der Waals surface area contributed by atoms with Gasteiger partial charge >= 0.3 is 0 Å². The van der Waals surface area contributed by atoms with Gasteiger partial charge < -0.3 is 10.6 Å². The van der Waals surface area contributed by atoms with Gasteiger partial charge in [-0.05, 0) is 36.4 Å². The number of nitrogens with zero attached hydrogens (tertiary/aromatic N) is 1. The van der Waals surface area contributed by atoms with Crippen molar-refractivity contribution < 1.29 is 0 Å². The first-order valence-electron chi connectivity index (χ1n) is 7.93. The Morgan fingerprint density at radius 2 is 0.917 bits per heavy atom. The Morgan fingerprint density at radius 3 is 1.38 bits per heavy atom. The minimum atomic E-state index is 0.949. The van der Waals surface area contributed by atoms with Crippen LogP contribution in [0.2, 0.25) is 0 Å². The van der Waals surface area contributed by atoms with E-state index < -0.39 is 0 Å². The highest BCUT2D eigenvalue weighted by Crippen LogP contribution is 2.32. The van der Waals surface area contributed by atoms with Crippen molar-refractivity contribution in [3.8, 4) is 0 Å². The summed E-state index contributed by atoms with van der Waals surface area (Å²) < 4.78 is 0. The first-order valence-corrected chi connectivity index (χ1v) is 7.93. The molecular formula is C21H17N3. The van der Waals surface area contributed by atoms with Gasteiger partial charge in [0.25, 0.3) is 0 Å². The van der Waals surface area contributed by atoms with Crippen LogP contribution in [0.25, 0.3) is 0 Å². The third kappa shape index (κ3) is 3.20. The zero-order chi connectivity index (χ0) is 16.2. The van der Waals surface area contributed by atoms with Crippen LogP contribution in [0.3, 0.4) is 0 Å². The predicted molar refractivity (Wildman–Crippen MR) is 99.9 cm³/mol. The van der Waals surface area contributed by atoms with Gasteiger partial charge in [-0.25, -0.2) is 4.99 Å². The van der Waals surface area contributed by atoms with E-state index in [-0.39, 0.29) is 0 Å². The van der Waals surface area contributed by atoms with E-state index in [1.54, 1.807) is 0 Å². The number of para-hydroxylation sites is 3. The van der Waals surface area contributed by atoms with E-state index in [1.807, 2.05) is 91.0 Å². The van der Waals surface area contributed by atoms with Gasteiger partial charge in [-0.15, -0.1) is 0 Å². The molecule has 0 saturated carbocycles. The molecule has 0 radical (unpaired) electrons. The van der Waals surface area contributed by atoms with E-state index in [0.29, 0.717) is 0 Å². The number of anilines is 4. The topological polar surface area (TPSA) is 36.4 Å². The fourth-order valence-electron chi connectivity index (χ4n) is 2.50. The molecule has 4 rings (SSSR count). The monoisotopic (exact) mass is 311 g/mol. The summed E-state index contributed by atoms with van der Waals surface area (Å²) >= 11 is 0. The second-order valence-corrected chi connectivity index (χ2v) is 5.53. The van der Waals surface area contributed by atoms with Gasteiger partial charge in [-0.2, -0.15) is 0 Å². The van der Waals surface area contributed by atoms with Gasteiger partial charge in [0.1, 0.15) is 5.36 Å². The summed E-state index contributed by atoms with van der Waals surface area (Å²) in [6.45, 7) is 0. The molecule has 2 N–H and O–H groups in total. The molecule has 0 unspecified atom stereocenters. The van der Waals surface area contributed by atoms with E-state index in [4.69, 9.17) is 4.99 Å². The van der Waals surface area contributed by atoms with Crippen LogP contribution >= 0.6 is 0 Å². The van der Waals surface area contributed by atoms with Crippen molar-refractivity contribution in [3.63, 3.8) is 0 Å². The largest absolute Gasteiger partial charge is 0.352 e. The summed E-state index contributed by atoms with van der Waals surface area (Å²) in [4.78, 5) is 4.74. The fraction of sp³-hybridized carbons (Fsp3) is 0. The third-order valence-electron chi connectivity index (χ3n) is 3.74. The maximum Gasteiger partial charge on any atom is 0.115 e. The molecule has 0 aromatic heterocycles. The SMILES string of the molecule is c1ccc(N=c2c(Nc3ccccc3)c2Nc2ccccc2)cc1. The summed E-state index contributed by atoms with van der Waals surface area (Å²) in [7, 11) is 0. The Labute approximate surface area is 141 Å². The normalized spacial score (nSPS) is 10.5. The zero-order valence-electron chi connectivity index (χ0n) is 13.1. The van der Waals surface area contributed by atoms with Crippen molar-refractivity contribution in [2.45, 2.75) is 0 Å². The van der Waals surface area contributed by atoms with E-state index in [0.717, 1.165) is 33.8 Å².